The first-order valence-corrected chi connectivity index (χ1v) is 9.84. The number of aryl methyl sites for hydroxylation is 1. The van der Waals surface area contributed by atoms with Gasteiger partial charge in [0.15, 0.2) is 5.37 Å². The Labute approximate surface area is 157 Å². The third-order valence-electron chi connectivity index (χ3n) is 4.13. The Morgan fingerprint density at radius 2 is 1.48 bits per heavy atom. The predicted molar refractivity (Wildman–Crippen MR) is 101 cm³/mol. The highest BCUT2D eigenvalue weighted by Crippen LogP contribution is 2.27. The van der Waals surface area contributed by atoms with Crippen molar-refractivity contribution in [1.29, 1.82) is 0 Å². The van der Waals surface area contributed by atoms with Crippen molar-refractivity contribution < 1.29 is 17.6 Å². The minimum absolute atomic E-state index is 0.112. The Bertz CT molecular complexity index is 1030. The van der Waals surface area contributed by atoms with Crippen molar-refractivity contribution in [2.24, 2.45) is 0 Å². The molecule has 1 atom stereocenters. The Hall–Kier alpha value is -2.99. The molecule has 0 bridgehead atoms. The smallest absolute Gasteiger partial charge is 0.252 e. The first kappa shape index (κ1) is 18.8. The van der Waals surface area contributed by atoms with E-state index in [-0.39, 0.29) is 10.5 Å². The standard InChI is InChI=1S/C21H18FNO3S/c1-15-7-13-19(14-8-15)27(25,26)21(17-5-3-2-4-6-17)23-20(24)16-9-11-18(22)12-10-16/h2-14,21H,1H3,(H,23,24). The maximum atomic E-state index is 13.2. The Morgan fingerprint density at radius 1 is 0.889 bits per heavy atom. The molecule has 0 aliphatic rings. The SMILES string of the molecule is Cc1ccc(S(=O)(=O)C(NC(=O)c2ccc(F)cc2)c2ccccc2)cc1. The van der Waals surface area contributed by atoms with Crippen LogP contribution in [-0.4, -0.2) is 14.3 Å². The van der Waals surface area contributed by atoms with E-state index in [1.54, 1.807) is 42.5 Å². The van der Waals surface area contributed by atoms with Crippen LogP contribution in [0.5, 0.6) is 0 Å². The molecule has 3 rings (SSSR count). The molecule has 0 saturated heterocycles. The number of amides is 1. The van der Waals surface area contributed by atoms with Gasteiger partial charge in [0.1, 0.15) is 5.82 Å². The molecule has 138 valence electrons. The lowest BCUT2D eigenvalue weighted by atomic mass is 10.2. The van der Waals surface area contributed by atoms with Gasteiger partial charge >= 0.3 is 0 Å². The van der Waals surface area contributed by atoms with Gasteiger partial charge in [0.2, 0.25) is 9.84 Å². The van der Waals surface area contributed by atoms with E-state index in [1.165, 1.54) is 24.3 Å². The van der Waals surface area contributed by atoms with E-state index >= 15 is 0 Å². The van der Waals surface area contributed by atoms with Crippen LogP contribution in [-0.2, 0) is 9.84 Å². The topological polar surface area (TPSA) is 63.2 Å². The molecule has 0 aliphatic heterocycles. The second-order valence-corrected chi connectivity index (χ2v) is 8.16. The second-order valence-electron chi connectivity index (χ2n) is 6.13. The molecule has 0 saturated carbocycles. The summed E-state index contributed by atoms with van der Waals surface area (Å²) in [5, 5.41) is 1.31. The van der Waals surface area contributed by atoms with E-state index in [0.717, 1.165) is 17.7 Å². The molecular formula is C21H18FNO3S. The minimum Gasteiger partial charge on any atom is -0.331 e. The predicted octanol–water partition coefficient (Wildman–Crippen LogP) is 4.04. The fourth-order valence-corrected chi connectivity index (χ4v) is 4.20. The highest BCUT2D eigenvalue weighted by atomic mass is 32.2. The van der Waals surface area contributed by atoms with Crippen LogP contribution in [0.4, 0.5) is 4.39 Å². The van der Waals surface area contributed by atoms with Crippen molar-refractivity contribution >= 4 is 15.7 Å². The van der Waals surface area contributed by atoms with Crippen molar-refractivity contribution in [1.82, 2.24) is 5.32 Å². The monoisotopic (exact) mass is 383 g/mol. The molecule has 0 aromatic heterocycles. The van der Waals surface area contributed by atoms with Crippen LogP contribution in [0.15, 0.2) is 83.8 Å². The first-order chi connectivity index (χ1) is 12.9. The number of carbonyl (C=O) groups excluding carboxylic acids is 1. The molecule has 1 amide bonds. The molecule has 3 aromatic carbocycles. The zero-order valence-electron chi connectivity index (χ0n) is 14.6. The van der Waals surface area contributed by atoms with Gasteiger partial charge in [-0.15, -0.1) is 0 Å². The van der Waals surface area contributed by atoms with Gasteiger partial charge in [-0.25, -0.2) is 12.8 Å². The van der Waals surface area contributed by atoms with Crippen molar-refractivity contribution in [3.63, 3.8) is 0 Å². The Balaban J connectivity index is 2.00. The molecule has 0 radical (unpaired) electrons. The summed E-state index contributed by atoms with van der Waals surface area (Å²) in [5.74, 6) is -1.07. The van der Waals surface area contributed by atoms with E-state index < -0.39 is 26.9 Å². The molecule has 1 N–H and O–H groups in total. The van der Waals surface area contributed by atoms with E-state index in [2.05, 4.69) is 5.32 Å². The van der Waals surface area contributed by atoms with Gasteiger partial charge in [0.25, 0.3) is 5.91 Å². The molecule has 4 nitrogen and oxygen atoms in total. The van der Waals surface area contributed by atoms with Crippen LogP contribution < -0.4 is 5.32 Å². The third-order valence-corrected chi connectivity index (χ3v) is 6.07. The number of hydrogen-bond donors (Lipinski definition) is 1. The van der Waals surface area contributed by atoms with Crippen LogP contribution in [0.25, 0.3) is 0 Å². The highest BCUT2D eigenvalue weighted by molar-refractivity contribution is 7.91. The van der Waals surface area contributed by atoms with Gasteiger partial charge < -0.3 is 5.32 Å². The zero-order valence-corrected chi connectivity index (χ0v) is 15.4. The third kappa shape index (κ3) is 4.23. The number of benzene rings is 3. The van der Waals surface area contributed by atoms with Gasteiger partial charge in [-0.05, 0) is 48.9 Å². The van der Waals surface area contributed by atoms with Crippen molar-refractivity contribution in [3.8, 4) is 0 Å². The summed E-state index contributed by atoms with van der Waals surface area (Å²) in [4.78, 5) is 12.7. The van der Waals surface area contributed by atoms with Crippen LogP contribution >= 0.6 is 0 Å². The molecular weight excluding hydrogens is 365 g/mol. The lowest BCUT2D eigenvalue weighted by Crippen LogP contribution is -2.34. The van der Waals surface area contributed by atoms with Crippen LogP contribution in [0.2, 0.25) is 0 Å². The largest absolute Gasteiger partial charge is 0.331 e. The maximum absolute atomic E-state index is 13.2. The number of carbonyl (C=O) groups is 1. The lowest BCUT2D eigenvalue weighted by Gasteiger charge is -2.20. The summed E-state index contributed by atoms with van der Waals surface area (Å²) >= 11 is 0. The van der Waals surface area contributed by atoms with Crippen molar-refractivity contribution in [2.45, 2.75) is 17.2 Å². The molecule has 0 fully saturated rings. The summed E-state index contributed by atoms with van der Waals surface area (Å²) in [6.07, 6.45) is 0. The zero-order chi connectivity index (χ0) is 19.4. The average molecular weight is 383 g/mol. The molecule has 3 aromatic rings. The Kier molecular flexibility index (Phi) is 5.37. The summed E-state index contributed by atoms with van der Waals surface area (Å²) in [5.41, 5.74) is 1.55. The highest BCUT2D eigenvalue weighted by Gasteiger charge is 2.30. The minimum atomic E-state index is -3.89. The van der Waals surface area contributed by atoms with E-state index in [9.17, 15) is 17.6 Å². The second kappa shape index (κ2) is 7.72. The van der Waals surface area contributed by atoms with Crippen LogP contribution in [0, 0.1) is 12.7 Å². The summed E-state index contributed by atoms with van der Waals surface area (Å²) < 4.78 is 39.5. The molecule has 0 aliphatic carbocycles. The van der Waals surface area contributed by atoms with Gasteiger partial charge in [0.05, 0.1) is 4.90 Å². The van der Waals surface area contributed by atoms with Gasteiger partial charge in [0, 0.05) is 5.56 Å². The van der Waals surface area contributed by atoms with Crippen LogP contribution in [0.1, 0.15) is 26.9 Å². The molecule has 27 heavy (non-hydrogen) atoms. The summed E-state index contributed by atoms with van der Waals surface area (Å²) in [7, 11) is -3.89. The molecule has 6 heteroatoms. The van der Waals surface area contributed by atoms with Gasteiger partial charge in [-0.1, -0.05) is 48.0 Å². The average Bonchev–Trinajstić information content (AvgIpc) is 2.67. The molecule has 0 spiro atoms. The molecule has 0 heterocycles. The van der Waals surface area contributed by atoms with E-state index in [4.69, 9.17) is 0 Å². The number of rotatable bonds is 5. The first-order valence-electron chi connectivity index (χ1n) is 8.30. The maximum Gasteiger partial charge on any atom is 0.252 e. The van der Waals surface area contributed by atoms with Crippen molar-refractivity contribution in [2.75, 3.05) is 0 Å². The van der Waals surface area contributed by atoms with Gasteiger partial charge in [-0.3, -0.25) is 4.79 Å². The summed E-state index contributed by atoms with van der Waals surface area (Å²) in [6.45, 7) is 1.86. The van der Waals surface area contributed by atoms with E-state index in [1.807, 2.05) is 6.92 Å². The fourth-order valence-electron chi connectivity index (χ4n) is 2.64. The number of sulfone groups is 1. The Morgan fingerprint density at radius 3 is 2.07 bits per heavy atom. The quantitative estimate of drug-likeness (QED) is 0.723. The number of halogens is 1. The molecule has 1 unspecified atom stereocenters. The summed E-state index contributed by atoms with van der Waals surface area (Å²) in [6, 6.07) is 19.8. The fraction of sp³-hybridized carbons (Fsp3) is 0.0952. The lowest BCUT2D eigenvalue weighted by molar-refractivity contribution is 0.0948. The normalized spacial score (nSPS) is 12.4. The number of nitrogens with one attached hydrogen (secondary N) is 1. The van der Waals surface area contributed by atoms with E-state index in [0.29, 0.717) is 5.56 Å². The number of hydrogen-bond acceptors (Lipinski definition) is 3. The van der Waals surface area contributed by atoms with Crippen LogP contribution in [0.3, 0.4) is 0 Å². The van der Waals surface area contributed by atoms with Crippen molar-refractivity contribution in [3.05, 3.63) is 101 Å². The van der Waals surface area contributed by atoms with Gasteiger partial charge in [-0.2, -0.15) is 0 Å².